The van der Waals surface area contributed by atoms with Gasteiger partial charge in [-0.1, -0.05) is 13.8 Å². The Bertz CT molecular complexity index is 336. The van der Waals surface area contributed by atoms with Gasteiger partial charge in [-0.2, -0.15) is 0 Å². The van der Waals surface area contributed by atoms with Crippen LogP contribution in [0.5, 0.6) is 0 Å². The summed E-state index contributed by atoms with van der Waals surface area (Å²) in [6, 6.07) is -0.475. The van der Waals surface area contributed by atoms with Crippen LogP contribution in [-0.4, -0.2) is 33.2 Å². The molecule has 1 atom stereocenters. The summed E-state index contributed by atoms with van der Waals surface area (Å²) < 4.78 is 2.01. The second kappa shape index (κ2) is 6.27. The lowest BCUT2D eigenvalue weighted by atomic mass is 10.2. The number of aliphatic carboxylic acids is 1. The summed E-state index contributed by atoms with van der Waals surface area (Å²) in [5, 5.41) is 11.9. The molecule has 1 heterocycles. The van der Waals surface area contributed by atoms with E-state index in [1.165, 1.54) is 0 Å². The van der Waals surface area contributed by atoms with E-state index in [1.54, 1.807) is 6.20 Å². The number of carboxylic acids is 1. The van der Waals surface area contributed by atoms with Gasteiger partial charge in [-0.05, 0) is 13.0 Å². The number of hydrogen-bond acceptors (Lipinski definition) is 3. The van der Waals surface area contributed by atoms with Crippen LogP contribution in [0.4, 0.5) is 0 Å². The molecule has 0 aliphatic rings. The number of likely N-dealkylation sites (N-methyl/N-ethyl adjacent to an activating group) is 1. The number of hydrogen-bond donors (Lipinski definition) is 2. The first kappa shape index (κ1) is 12.7. The molecule has 1 unspecified atom stereocenters. The van der Waals surface area contributed by atoms with Gasteiger partial charge in [-0.15, -0.1) is 0 Å². The molecule has 0 amide bonds. The Balaban J connectivity index is 2.51. The van der Waals surface area contributed by atoms with Gasteiger partial charge >= 0.3 is 5.97 Å². The topological polar surface area (TPSA) is 67.2 Å². The standard InChI is InChI=1S/C11H19N3O2/c1-3-10-13-6-8-14(10)7-5-9(11(15)16)12-4-2/h6,8-9,12H,3-5,7H2,1-2H3,(H,15,16). The lowest BCUT2D eigenvalue weighted by Crippen LogP contribution is -2.37. The fraction of sp³-hybridized carbons (Fsp3) is 0.636. The third-order valence-corrected chi connectivity index (χ3v) is 2.53. The highest BCUT2D eigenvalue weighted by Gasteiger charge is 2.15. The Kier molecular flexibility index (Phi) is 4.98. The molecule has 1 aromatic rings. The molecule has 1 rings (SSSR count). The second-order valence-electron chi connectivity index (χ2n) is 3.63. The van der Waals surface area contributed by atoms with Gasteiger partial charge in [0.05, 0.1) is 0 Å². The minimum Gasteiger partial charge on any atom is -0.480 e. The van der Waals surface area contributed by atoms with Crippen molar-refractivity contribution in [2.45, 2.75) is 39.3 Å². The maximum absolute atomic E-state index is 10.9. The van der Waals surface area contributed by atoms with E-state index in [9.17, 15) is 4.79 Å². The fourth-order valence-corrected chi connectivity index (χ4v) is 1.69. The average molecular weight is 225 g/mol. The zero-order valence-corrected chi connectivity index (χ0v) is 9.81. The van der Waals surface area contributed by atoms with Crippen molar-refractivity contribution in [3.63, 3.8) is 0 Å². The van der Waals surface area contributed by atoms with Gasteiger partial charge in [0.15, 0.2) is 0 Å². The highest BCUT2D eigenvalue weighted by Crippen LogP contribution is 2.02. The number of carboxylic acid groups (broad SMARTS) is 1. The summed E-state index contributed by atoms with van der Waals surface area (Å²) in [6.45, 7) is 5.30. The molecule has 5 nitrogen and oxygen atoms in total. The summed E-state index contributed by atoms with van der Waals surface area (Å²) >= 11 is 0. The van der Waals surface area contributed by atoms with Crippen LogP contribution in [-0.2, 0) is 17.8 Å². The van der Waals surface area contributed by atoms with Crippen LogP contribution in [0.25, 0.3) is 0 Å². The molecule has 0 spiro atoms. The van der Waals surface area contributed by atoms with E-state index in [0.29, 0.717) is 19.5 Å². The third-order valence-electron chi connectivity index (χ3n) is 2.53. The number of imidazole rings is 1. The van der Waals surface area contributed by atoms with Crippen molar-refractivity contribution in [2.75, 3.05) is 6.54 Å². The van der Waals surface area contributed by atoms with Gasteiger partial charge < -0.3 is 15.0 Å². The van der Waals surface area contributed by atoms with Crippen molar-refractivity contribution < 1.29 is 9.90 Å². The summed E-state index contributed by atoms with van der Waals surface area (Å²) in [5.41, 5.74) is 0. The molecule has 1 aromatic heterocycles. The molecule has 0 aliphatic carbocycles. The number of nitrogens with zero attached hydrogens (tertiary/aromatic N) is 2. The predicted molar refractivity (Wildman–Crippen MR) is 61.3 cm³/mol. The number of nitrogens with one attached hydrogen (secondary N) is 1. The van der Waals surface area contributed by atoms with Gasteiger partial charge in [0.2, 0.25) is 0 Å². The van der Waals surface area contributed by atoms with E-state index < -0.39 is 12.0 Å². The normalized spacial score (nSPS) is 12.6. The van der Waals surface area contributed by atoms with Crippen LogP contribution >= 0.6 is 0 Å². The Morgan fingerprint density at radius 2 is 2.38 bits per heavy atom. The lowest BCUT2D eigenvalue weighted by Gasteiger charge is -2.14. The van der Waals surface area contributed by atoms with Crippen molar-refractivity contribution in [3.8, 4) is 0 Å². The maximum Gasteiger partial charge on any atom is 0.320 e. The first-order valence-corrected chi connectivity index (χ1v) is 5.65. The zero-order chi connectivity index (χ0) is 12.0. The largest absolute Gasteiger partial charge is 0.480 e. The first-order chi connectivity index (χ1) is 7.69. The molecular formula is C11H19N3O2. The van der Waals surface area contributed by atoms with E-state index in [1.807, 2.05) is 24.6 Å². The lowest BCUT2D eigenvalue weighted by molar-refractivity contribution is -0.139. The highest BCUT2D eigenvalue weighted by atomic mass is 16.4. The van der Waals surface area contributed by atoms with Crippen molar-refractivity contribution in [3.05, 3.63) is 18.2 Å². The van der Waals surface area contributed by atoms with Gasteiger partial charge in [0.1, 0.15) is 11.9 Å². The molecule has 0 saturated carbocycles. The van der Waals surface area contributed by atoms with Crippen molar-refractivity contribution in [1.29, 1.82) is 0 Å². The predicted octanol–water partition coefficient (Wildman–Crippen LogP) is 0.898. The minimum absolute atomic E-state index is 0.475. The van der Waals surface area contributed by atoms with E-state index >= 15 is 0 Å². The van der Waals surface area contributed by atoms with Crippen LogP contribution in [0.2, 0.25) is 0 Å². The smallest absolute Gasteiger partial charge is 0.320 e. The molecule has 0 saturated heterocycles. The average Bonchev–Trinajstić information content (AvgIpc) is 2.71. The summed E-state index contributed by atoms with van der Waals surface area (Å²) in [6.07, 6.45) is 5.09. The number of aromatic nitrogens is 2. The van der Waals surface area contributed by atoms with Crippen LogP contribution < -0.4 is 5.32 Å². The van der Waals surface area contributed by atoms with Crippen LogP contribution in [0.3, 0.4) is 0 Å². The SMILES string of the molecule is CCNC(CCn1ccnc1CC)C(=O)O. The number of rotatable bonds is 7. The summed E-state index contributed by atoms with van der Waals surface area (Å²) in [7, 11) is 0. The van der Waals surface area contributed by atoms with Crippen LogP contribution in [0.1, 0.15) is 26.1 Å². The Morgan fingerprint density at radius 1 is 1.62 bits per heavy atom. The first-order valence-electron chi connectivity index (χ1n) is 5.65. The quantitative estimate of drug-likeness (QED) is 0.723. The van der Waals surface area contributed by atoms with E-state index in [2.05, 4.69) is 10.3 Å². The molecule has 90 valence electrons. The molecule has 5 heteroatoms. The summed E-state index contributed by atoms with van der Waals surface area (Å²) in [4.78, 5) is 15.1. The Morgan fingerprint density at radius 3 is 2.94 bits per heavy atom. The van der Waals surface area contributed by atoms with E-state index in [-0.39, 0.29) is 0 Å². The molecule has 0 radical (unpaired) electrons. The minimum atomic E-state index is -0.792. The molecule has 0 bridgehead atoms. The van der Waals surface area contributed by atoms with Crippen molar-refractivity contribution >= 4 is 5.97 Å². The molecule has 16 heavy (non-hydrogen) atoms. The Labute approximate surface area is 95.5 Å². The second-order valence-corrected chi connectivity index (χ2v) is 3.63. The molecule has 0 aromatic carbocycles. The van der Waals surface area contributed by atoms with Crippen molar-refractivity contribution in [1.82, 2.24) is 14.9 Å². The Hall–Kier alpha value is -1.36. The number of aryl methyl sites for hydroxylation is 2. The van der Waals surface area contributed by atoms with Crippen LogP contribution in [0.15, 0.2) is 12.4 Å². The van der Waals surface area contributed by atoms with Gasteiger partial charge in [-0.3, -0.25) is 4.79 Å². The van der Waals surface area contributed by atoms with Crippen molar-refractivity contribution in [2.24, 2.45) is 0 Å². The fourth-order valence-electron chi connectivity index (χ4n) is 1.69. The molecular weight excluding hydrogens is 206 g/mol. The maximum atomic E-state index is 10.9. The van der Waals surface area contributed by atoms with E-state index in [4.69, 9.17) is 5.11 Å². The van der Waals surface area contributed by atoms with Gasteiger partial charge in [-0.25, -0.2) is 4.98 Å². The monoisotopic (exact) mass is 225 g/mol. The molecule has 2 N–H and O–H groups in total. The van der Waals surface area contributed by atoms with Gasteiger partial charge in [0.25, 0.3) is 0 Å². The van der Waals surface area contributed by atoms with E-state index in [0.717, 1.165) is 12.2 Å². The zero-order valence-electron chi connectivity index (χ0n) is 9.81. The molecule has 0 aliphatic heterocycles. The third kappa shape index (κ3) is 3.34. The van der Waals surface area contributed by atoms with Crippen LogP contribution in [0, 0.1) is 0 Å². The molecule has 0 fully saturated rings. The van der Waals surface area contributed by atoms with Gasteiger partial charge in [0, 0.05) is 25.4 Å². The number of carbonyl (C=O) groups is 1. The summed E-state index contributed by atoms with van der Waals surface area (Å²) in [5.74, 6) is 0.209. The highest BCUT2D eigenvalue weighted by molar-refractivity contribution is 5.73.